The fourth-order valence-electron chi connectivity index (χ4n) is 5.11. The van der Waals surface area contributed by atoms with Gasteiger partial charge in [0.2, 0.25) is 0 Å². The Morgan fingerprint density at radius 1 is 0.706 bits per heavy atom. The van der Waals surface area contributed by atoms with Crippen molar-refractivity contribution in [3.8, 4) is 0 Å². The standard InChI is InChI=1S/C41H74NO8P/c1-3-5-7-8-9-10-11-12-13-14-15-16-20-23-26-30-35-47-37-40(38-49-51(45,46)48-36-34-42)50-41(44)33-29-25-22-19-17-18-21-24-28-32-39(43)31-27-6-4-2/h6,10-11,21,24,27-28,30,32,35,39-40,43H,3-5,7-9,12-20,22-23,25-26,29,31,33-34,36-38,42H2,1-2H3,(H,45,46)/b11-10-,24-21+,27-6+,32-28+,35-30+/t39?,40-/m1/s1. The molecule has 0 aliphatic heterocycles. The third-order valence-corrected chi connectivity index (χ3v) is 9.05. The van der Waals surface area contributed by atoms with Crippen molar-refractivity contribution in [3.63, 3.8) is 0 Å². The van der Waals surface area contributed by atoms with Crippen molar-refractivity contribution in [1.29, 1.82) is 0 Å². The molecule has 0 saturated heterocycles. The second-order valence-electron chi connectivity index (χ2n) is 13.0. The first kappa shape index (κ1) is 49.0. The van der Waals surface area contributed by atoms with Gasteiger partial charge in [0, 0.05) is 13.0 Å². The maximum absolute atomic E-state index is 12.5. The number of aliphatic hydroxyl groups excluding tert-OH is 1. The number of rotatable bonds is 37. The van der Waals surface area contributed by atoms with Crippen molar-refractivity contribution in [1.82, 2.24) is 0 Å². The van der Waals surface area contributed by atoms with E-state index in [0.29, 0.717) is 12.8 Å². The van der Waals surface area contributed by atoms with Crippen LogP contribution in [0.4, 0.5) is 0 Å². The van der Waals surface area contributed by atoms with E-state index >= 15 is 0 Å². The molecule has 0 aromatic carbocycles. The molecule has 2 unspecified atom stereocenters. The van der Waals surface area contributed by atoms with E-state index < -0.39 is 26.0 Å². The van der Waals surface area contributed by atoms with Gasteiger partial charge in [-0.2, -0.15) is 0 Å². The second-order valence-corrected chi connectivity index (χ2v) is 14.5. The number of aliphatic hydroxyl groups is 1. The summed E-state index contributed by atoms with van der Waals surface area (Å²) >= 11 is 0. The summed E-state index contributed by atoms with van der Waals surface area (Å²) in [7, 11) is -4.31. The highest BCUT2D eigenvalue weighted by Crippen LogP contribution is 2.43. The summed E-state index contributed by atoms with van der Waals surface area (Å²) in [6, 6.07) is 0. The maximum Gasteiger partial charge on any atom is 0.472 e. The van der Waals surface area contributed by atoms with Crippen LogP contribution in [0.5, 0.6) is 0 Å². The first-order valence-corrected chi connectivity index (χ1v) is 21.4. The van der Waals surface area contributed by atoms with E-state index in [0.717, 1.165) is 51.4 Å². The largest absolute Gasteiger partial charge is 0.498 e. The highest BCUT2D eigenvalue weighted by Gasteiger charge is 2.25. The summed E-state index contributed by atoms with van der Waals surface area (Å²) in [6.07, 6.45) is 42.3. The molecule has 0 rings (SSSR count). The second kappa shape index (κ2) is 37.7. The van der Waals surface area contributed by atoms with Crippen LogP contribution < -0.4 is 5.73 Å². The molecule has 10 heteroatoms. The third-order valence-electron chi connectivity index (χ3n) is 8.06. The lowest BCUT2D eigenvalue weighted by Gasteiger charge is -2.19. The Balaban J connectivity index is 4.22. The van der Waals surface area contributed by atoms with Crippen LogP contribution >= 0.6 is 7.82 Å². The number of hydrogen-bond donors (Lipinski definition) is 3. The van der Waals surface area contributed by atoms with Gasteiger partial charge in [0.15, 0.2) is 6.10 Å². The molecule has 3 atom stereocenters. The number of carbonyl (C=O) groups excluding carboxylic acids is 1. The Labute approximate surface area is 311 Å². The van der Waals surface area contributed by atoms with Gasteiger partial charge in [-0.1, -0.05) is 127 Å². The summed E-state index contributed by atoms with van der Waals surface area (Å²) in [4.78, 5) is 22.4. The minimum Gasteiger partial charge on any atom is -0.498 e. The molecule has 0 saturated carbocycles. The van der Waals surface area contributed by atoms with Gasteiger partial charge in [-0.15, -0.1) is 0 Å². The minimum atomic E-state index is -4.31. The van der Waals surface area contributed by atoms with Gasteiger partial charge in [0.05, 0.1) is 25.6 Å². The fraction of sp³-hybridized carbons (Fsp3) is 0.732. The third kappa shape index (κ3) is 37.6. The number of phosphoric acid groups is 1. The number of esters is 1. The molecular weight excluding hydrogens is 665 g/mol. The number of nitrogens with two attached hydrogens (primary N) is 1. The lowest BCUT2D eigenvalue weighted by Crippen LogP contribution is -2.27. The van der Waals surface area contributed by atoms with E-state index in [-0.39, 0.29) is 32.8 Å². The minimum absolute atomic E-state index is 0.00386. The lowest BCUT2D eigenvalue weighted by molar-refractivity contribution is -0.153. The highest BCUT2D eigenvalue weighted by molar-refractivity contribution is 7.47. The van der Waals surface area contributed by atoms with Crippen molar-refractivity contribution in [3.05, 3.63) is 60.9 Å². The van der Waals surface area contributed by atoms with Gasteiger partial charge in [-0.25, -0.2) is 4.57 Å². The van der Waals surface area contributed by atoms with E-state index in [9.17, 15) is 19.4 Å². The Bertz CT molecular complexity index is 981. The molecule has 0 spiro atoms. The lowest BCUT2D eigenvalue weighted by atomic mass is 10.1. The number of allylic oxidation sites excluding steroid dienone is 7. The SMILES string of the molecule is CC/C=C/CC(O)/C=C/C=C/CCCCCCCC(=O)O[C@H](CO/C=C/CCCCCCCC/C=C\CCCCCC)COP(=O)(O)OCCN. The summed E-state index contributed by atoms with van der Waals surface area (Å²) in [5.74, 6) is -0.396. The van der Waals surface area contributed by atoms with Crippen LogP contribution in [0.25, 0.3) is 0 Å². The number of carbonyl (C=O) groups is 1. The Kier molecular flexibility index (Phi) is 36.3. The molecule has 296 valence electrons. The molecular formula is C41H74NO8P. The van der Waals surface area contributed by atoms with E-state index in [1.165, 1.54) is 70.6 Å². The van der Waals surface area contributed by atoms with Crippen LogP contribution in [0.2, 0.25) is 0 Å². The number of phosphoric ester groups is 1. The van der Waals surface area contributed by atoms with Crippen LogP contribution in [0.1, 0.15) is 155 Å². The van der Waals surface area contributed by atoms with Crippen LogP contribution in [-0.4, -0.2) is 54.5 Å². The summed E-state index contributed by atoms with van der Waals surface area (Å²) < 4.78 is 33.0. The van der Waals surface area contributed by atoms with E-state index in [1.54, 1.807) is 12.3 Å². The Morgan fingerprint density at radius 2 is 1.29 bits per heavy atom. The molecule has 0 aliphatic rings. The van der Waals surface area contributed by atoms with Crippen LogP contribution in [0.15, 0.2) is 60.9 Å². The van der Waals surface area contributed by atoms with Gasteiger partial charge in [0.25, 0.3) is 0 Å². The molecule has 51 heavy (non-hydrogen) atoms. The van der Waals surface area contributed by atoms with Crippen LogP contribution in [0, 0.1) is 0 Å². The van der Waals surface area contributed by atoms with Crippen LogP contribution in [0.3, 0.4) is 0 Å². The Hall–Kier alpha value is -2.00. The zero-order valence-corrected chi connectivity index (χ0v) is 33.1. The molecule has 0 radical (unpaired) electrons. The van der Waals surface area contributed by atoms with Gasteiger partial charge >= 0.3 is 13.8 Å². The van der Waals surface area contributed by atoms with Crippen molar-refractivity contribution in [2.75, 3.05) is 26.4 Å². The highest BCUT2D eigenvalue weighted by atomic mass is 31.2. The van der Waals surface area contributed by atoms with Gasteiger partial charge in [0.1, 0.15) is 6.61 Å². The van der Waals surface area contributed by atoms with Crippen molar-refractivity contribution >= 4 is 13.8 Å². The molecule has 0 aromatic heterocycles. The summed E-state index contributed by atoms with van der Waals surface area (Å²) in [6.45, 7) is 3.95. The zero-order valence-electron chi connectivity index (χ0n) is 32.2. The summed E-state index contributed by atoms with van der Waals surface area (Å²) in [5, 5.41) is 9.86. The molecule has 0 aliphatic carbocycles. The predicted molar refractivity (Wildman–Crippen MR) is 211 cm³/mol. The number of unbranched alkanes of at least 4 members (excludes halogenated alkanes) is 16. The smallest absolute Gasteiger partial charge is 0.472 e. The molecule has 0 aromatic rings. The molecule has 0 amide bonds. The molecule has 9 nitrogen and oxygen atoms in total. The Morgan fingerprint density at radius 3 is 1.92 bits per heavy atom. The fourth-order valence-corrected chi connectivity index (χ4v) is 5.87. The normalized spacial score (nSPS) is 14.8. The molecule has 0 bridgehead atoms. The first-order valence-electron chi connectivity index (χ1n) is 19.9. The molecule has 0 heterocycles. The average molecular weight is 740 g/mol. The monoisotopic (exact) mass is 740 g/mol. The first-order chi connectivity index (χ1) is 24.8. The molecule has 4 N–H and O–H groups in total. The average Bonchev–Trinajstić information content (AvgIpc) is 3.11. The van der Waals surface area contributed by atoms with Gasteiger partial charge in [-0.3, -0.25) is 13.8 Å². The van der Waals surface area contributed by atoms with E-state index in [2.05, 4.69) is 38.2 Å². The molecule has 0 fully saturated rings. The van der Waals surface area contributed by atoms with Crippen molar-refractivity contribution < 1.29 is 37.9 Å². The van der Waals surface area contributed by atoms with Crippen molar-refractivity contribution in [2.24, 2.45) is 5.73 Å². The van der Waals surface area contributed by atoms with Crippen molar-refractivity contribution in [2.45, 2.75) is 167 Å². The van der Waals surface area contributed by atoms with Gasteiger partial charge < -0.3 is 25.2 Å². The topological polar surface area (TPSA) is 138 Å². The van der Waals surface area contributed by atoms with E-state index in [1.807, 2.05) is 24.3 Å². The summed E-state index contributed by atoms with van der Waals surface area (Å²) in [5.41, 5.74) is 5.35. The van der Waals surface area contributed by atoms with E-state index in [4.69, 9.17) is 24.3 Å². The predicted octanol–water partition coefficient (Wildman–Crippen LogP) is 10.7. The van der Waals surface area contributed by atoms with Gasteiger partial charge in [-0.05, 0) is 76.7 Å². The zero-order chi connectivity index (χ0) is 37.5. The quantitative estimate of drug-likeness (QED) is 0.0142. The van der Waals surface area contributed by atoms with Crippen LogP contribution in [-0.2, 0) is 27.9 Å². The number of hydrogen-bond acceptors (Lipinski definition) is 8. The maximum atomic E-state index is 12.5. The number of ether oxygens (including phenoxy) is 2.